The van der Waals surface area contributed by atoms with E-state index in [1.165, 1.54) is 0 Å². The highest BCUT2D eigenvalue weighted by Crippen LogP contribution is 2.24. The SMILES string of the molecule is Nc1cc(F)c(S(=O)(=O)Nc2ccc(F)c(F)c2)c(F)c1. The summed E-state index contributed by atoms with van der Waals surface area (Å²) in [5.41, 5.74) is 4.49. The number of rotatable bonds is 3. The van der Waals surface area contributed by atoms with Crippen molar-refractivity contribution in [1.29, 1.82) is 0 Å². The number of sulfonamides is 1. The summed E-state index contributed by atoms with van der Waals surface area (Å²) in [6.45, 7) is 0. The molecular weight excluding hydrogens is 312 g/mol. The zero-order valence-corrected chi connectivity index (χ0v) is 11.0. The predicted octanol–water partition coefficient (Wildman–Crippen LogP) is 2.63. The van der Waals surface area contributed by atoms with Crippen LogP contribution < -0.4 is 10.5 Å². The van der Waals surface area contributed by atoms with Crippen LogP contribution in [0.1, 0.15) is 0 Å². The standard InChI is InChI=1S/C12H8F4N2O2S/c13-8-2-1-7(5-9(8)14)18-21(19,20)12-10(15)3-6(17)4-11(12)16/h1-5,18H,17H2. The smallest absolute Gasteiger partial charge is 0.267 e. The minimum atomic E-state index is -4.67. The van der Waals surface area contributed by atoms with Gasteiger partial charge in [0.05, 0.1) is 5.69 Å². The molecule has 4 nitrogen and oxygen atoms in total. The molecule has 0 fully saturated rings. The number of hydrogen-bond acceptors (Lipinski definition) is 3. The topological polar surface area (TPSA) is 72.2 Å². The van der Waals surface area contributed by atoms with Crippen molar-refractivity contribution in [3.63, 3.8) is 0 Å². The average molecular weight is 320 g/mol. The molecule has 9 heteroatoms. The van der Waals surface area contributed by atoms with Gasteiger partial charge < -0.3 is 5.73 Å². The van der Waals surface area contributed by atoms with Gasteiger partial charge in [-0.05, 0) is 24.3 Å². The maximum Gasteiger partial charge on any atom is 0.267 e. The Kier molecular flexibility index (Phi) is 3.77. The number of nitrogens with two attached hydrogens (primary N) is 1. The van der Waals surface area contributed by atoms with Gasteiger partial charge in [0.1, 0.15) is 11.6 Å². The third kappa shape index (κ3) is 3.07. The van der Waals surface area contributed by atoms with Crippen LogP contribution >= 0.6 is 0 Å². The molecule has 3 N–H and O–H groups in total. The first kappa shape index (κ1) is 15.1. The van der Waals surface area contributed by atoms with E-state index in [-0.39, 0.29) is 11.4 Å². The molecule has 2 rings (SSSR count). The Morgan fingerprint density at radius 1 is 0.857 bits per heavy atom. The second-order valence-electron chi connectivity index (χ2n) is 4.05. The number of anilines is 2. The van der Waals surface area contributed by atoms with E-state index < -0.39 is 38.2 Å². The largest absolute Gasteiger partial charge is 0.399 e. The zero-order chi connectivity index (χ0) is 15.8. The molecule has 0 aliphatic rings. The van der Waals surface area contributed by atoms with Crippen LogP contribution in [0.3, 0.4) is 0 Å². The van der Waals surface area contributed by atoms with Crippen molar-refractivity contribution < 1.29 is 26.0 Å². The van der Waals surface area contributed by atoms with Crippen molar-refractivity contribution in [1.82, 2.24) is 0 Å². The summed E-state index contributed by atoms with van der Waals surface area (Å²) in [6.07, 6.45) is 0. The molecule has 2 aromatic carbocycles. The third-order valence-electron chi connectivity index (χ3n) is 2.46. The van der Waals surface area contributed by atoms with E-state index in [1.54, 1.807) is 4.72 Å². The summed E-state index contributed by atoms with van der Waals surface area (Å²) in [7, 11) is -4.67. The van der Waals surface area contributed by atoms with Crippen LogP contribution in [0, 0.1) is 23.3 Å². The first-order chi connectivity index (χ1) is 9.70. The van der Waals surface area contributed by atoms with Gasteiger partial charge in [-0.15, -0.1) is 0 Å². The van der Waals surface area contributed by atoms with E-state index in [0.29, 0.717) is 24.3 Å². The zero-order valence-electron chi connectivity index (χ0n) is 10.2. The highest BCUT2D eigenvalue weighted by Gasteiger charge is 2.25. The molecule has 0 aliphatic heterocycles. The van der Waals surface area contributed by atoms with Gasteiger partial charge in [0.2, 0.25) is 0 Å². The molecule has 0 radical (unpaired) electrons. The number of hydrogen-bond donors (Lipinski definition) is 2. The molecule has 0 unspecified atom stereocenters. The maximum atomic E-state index is 13.6. The lowest BCUT2D eigenvalue weighted by atomic mass is 10.3. The van der Waals surface area contributed by atoms with Gasteiger partial charge >= 0.3 is 0 Å². The van der Waals surface area contributed by atoms with Gasteiger partial charge in [-0.1, -0.05) is 0 Å². The lowest BCUT2D eigenvalue weighted by Crippen LogP contribution is -2.17. The molecule has 0 spiro atoms. The summed E-state index contributed by atoms with van der Waals surface area (Å²) in [5, 5.41) is 0. The summed E-state index contributed by atoms with van der Waals surface area (Å²) in [6, 6.07) is 3.37. The highest BCUT2D eigenvalue weighted by atomic mass is 32.2. The van der Waals surface area contributed by atoms with E-state index in [0.717, 1.165) is 6.07 Å². The highest BCUT2D eigenvalue weighted by molar-refractivity contribution is 7.92. The first-order valence-corrected chi connectivity index (χ1v) is 6.91. The molecule has 112 valence electrons. The maximum absolute atomic E-state index is 13.6. The van der Waals surface area contributed by atoms with Crippen molar-refractivity contribution in [2.45, 2.75) is 4.90 Å². The fraction of sp³-hybridized carbons (Fsp3) is 0. The van der Waals surface area contributed by atoms with Gasteiger partial charge in [-0.3, -0.25) is 4.72 Å². The molecule has 2 aromatic rings. The monoisotopic (exact) mass is 320 g/mol. The van der Waals surface area contributed by atoms with Crippen LogP contribution in [0.25, 0.3) is 0 Å². The molecule has 0 bridgehead atoms. The van der Waals surface area contributed by atoms with Crippen LogP contribution in [0.4, 0.5) is 28.9 Å². The third-order valence-corrected chi connectivity index (χ3v) is 3.89. The van der Waals surface area contributed by atoms with E-state index in [1.807, 2.05) is 0 Å². The summed E-state index contributed by atoms with van der Waals surface area (Å²) in [5.74, 6) is -5.30. The Balaban J connectivity index is 2.46. The van der Waals surface area contributed by atoms with Crippen molar-refractivity contribution >= 4 is 21.4 Å². The van der Waals surface area contributed by atoms with Crippen LogP contribution in [0.5, 0.6) is 0 Å². The second kappa shape index (κ2) is 5.24. The number of benzene rings is 2. The quantitative estimate of drug-likeness (QED) is 0.674. The summed E-state index contributed by atoms with van der Waals surface area (Å²) < 4.78 is 78.4. The molecule has 0 saturated heterocycles. The Hall–Kier alpha value is -2.29. The number of nitrogen functional groups attached to an aromatic ring is 1. The van der Waals surface area contributed by atoms with Crippen LogP contribution in [0.2, 0.25) is 0 Å². The minimum Gasteiger partial charge on any atom is -0.399 e. The molecule has 0 aliphatic carbocycles. The van der Waals surface area contributed by atoms with Crippen molar-refractivity contribution in [2.24, 2.45) is 0 Å². The predicted molar refractivity (Wildman–Crippen MR) is 67.9 cm³/mol. The number of halogens is 4. The molecule has 0 amide bonds. The first-order valence-electron chi connectivity index (χ1n) is 5.43. The van der Waals surface area contributed by atoms with E-state index in [2.05, 4.69) is 0 Å². The molecule has 21 heavy (non-hydrogen) atoms. The van der Waals surface area contributed by atoms with Gasteiger partial charge in [0, 0.05) is 11.8 Å². The van der Waals surface area contributed by atoms with Gasteiger partial charge in [0.15, 0.2) is 16.5 Å². The average Bonchev–Trinajstić information content (AvgIpc) is 2.31. The van der Waals surface area contributed by atoms with Crippen LogP contribution in [-0.2, 0) is 10.0 Å². The van der Waals surface area contributed by atoms with Gasteiger partial charge in [-0.2, -0.15) is 0 Å². The van der Waals surface area contributed by atoms with E-state index >= 15 is 0 Å². The van der Waals surface area contributed by atoms with Gasteiger partial charge in [0.25, 0.3) is 10.0 Å². The second-order valence-corrected chi connectivity index (χ2v) is 5.67. The van der Waals surface area contributed by atoms with Crippen molar-refractivity contribution in [3.8, 4) is 0 Å². The Labute approximate surface area is 117 Å². The van der Waals surface area contributed by atoms with Crippen molar-refractivity contribution in [3.05, 3.63) is 53.6 Å². The summed E-state index contributed by atoms with van der Waals surface area (Å²) in [4.78, 5) is -1.26. The Morgan fingerprint density at radius 2 is 1.43 bits per heavy atom. The Bertz CT molecular complexity index is 786. The van der Waals surface area contributed by atoms with Crippen LogP contribution in [0.15, 0.2) is 35.2 Å². The fourth-order valence-electron chi connectivity index (χ4n) is 1.60. The fourth-order valence-corrected chi connectivity index (χ4v) is 2.77. The molecule has 0 heterocycles. The molecular formula is C12H8F4N2O2S. The van der Waals surface area contributed by atoms with Gasteiger partial charge in [-0.25, -0.2) is 26.0 Å². The van der Waals surface area contributed by atoms with Crippen LogP contribution in [-0.4, -0.2) is 8.42 Å². The van der Waals surface area contributed by atoms with E-state index in [9.17, 15) is 26.0 Å². The lowest BCUT2D eigenvalue weighted by molar-refractivity contribution is 0.509. The molecule has 0 aromatic heterocycles. The van der Waals surface area contributed by atoms with Crippen molar-refractivity contribution in [2.75, 3.05) is 10.5 Å². The molecule has 0 atom stereocenters. The Morgan fingerprint density at radius 3 is 1.95 bits per heavy atom. The molecule has 0 saturated carbocycles. The lowest BCUT2D eigenvalue weighted by Gasteiger charge is -2.10. The minimum absolute atomic E-state index is 0.295. The summed E-state index contributed by atoms with van der Waals surface area (Å²) >= 11 is 0. The van der Waals surface area contributed by atoms with E-state index in [4.69, 9.17) is 5.73 Å². The number of nitrogens with one attached hydrogen (secondary N) is 1. The normalized spacial score (nSPS) is 11.4.